The third-order valence-corrected chi connectivity index (χ3v) is 3.57. The second-order valence-electron chi connectivity index (χ2n) is 5.13. The first kappa shape index (κ1) is 16.7. The number of nitrogens with one attached hydrogen (secondary N) is 2. The zero-order valence-corrected chi connectivity index (χ0v) is 14.1. The molecule has 0 spiro atoms. The maximum absolute atomic E-state index is 12.1. The van der Waals surface area contributed by atoms with Crippen LogP contribution in [0.4, 0.5) is 17.3 Å². The molecule has 1 heterocycles. The number of anilines is 3. The molecule has 0 fully saturated rings. The number of methoxy groups -OCH3 is 1. The lowest BCUT2D eigenvalue weighted by Crippen LogP contribution is -2.13. The van der Waals surface area contributed by atoms with E-state index in [0.717, 1.165) is 11.4 Å². The average Bonchev–Trinajstić information content (AvgIpc) is 2.63. The van der Waals surface area contributed by atoms with Gasteiger partial charge in [0, 0.05) is 22.3 Å². The number of amides is 1. The van der Waals surface area contributed by atoms with Gasteiger partial charge in [-0.05, 0) is 42.5 Å². The second-order valence-corrected chi connectivity index (χ2v) is 5.56. The molecule has 1 aromatic heterocycles. The minimum Gasteiger partial charge on any atom is -0.497 e. The van der Waals surface area contributed by atoms with E-state index in [0.29, 0.717) is 22.2 Å². The quantitative estimate of drug-likeness (QED) is 0.720. The number of carbonyl (C=O) groups excluding carboxylic acids is 1. The summed E-state index contributed by atoms with van der Waals surface area (Å²) in [4.78, 5) is 12.1. The zero-order valence-electron chi connectivity index (χ0n) is 13.4. The molecule has 126 valence electrons. The summed E-state index contributed by atoms with van der Waals surface area (Å²) in [6.07, 6.45) is 0. The fourth-order valence-corrected chi connectivity index (χ4v) is 2.32. The van der Waals surface area contributed by atoms with Crippen LogP contribution in [0.1, 0.15) is 10.4 Å². The van der Waals surface area contributed by atoms with E-state index in [1.807, 2.05) is 24.3 Å². The minimum atomic E-state index is -0.301. The van der Waals surface area contributed by atoms with Crippen LogP contribution >= 0.6 is 11.6 Å². The molecule has 0 radical (unpaired) electrons. The van der Waals surface area contributed by atoms with Gasteiger partial charge in [0.1, 0.15) is 5.75 Å². The summed E-state index contributed by atoms with van der Waals surface area (Å²) < 4.78 is 5.17. The standard InChI is InChI=1S/C18H15ClN4O2/c1-25-15-7-3-6-14(11-15)20-16-8-9-17(23-22-16)21-18(24)12-4-2-5-13(19)10-12/h2-11H,1H3,(H,20,22)(H,21,23,24). The van der Waals surface area contributed by atoms with Crippen molar-refractivity contribution in [2.75, 3.05) is 17.7 Å². The second kappa shape index (κ2) is 7.63. The Morgan fingerprint density at radius 3 is 2.48 bits per heavy atom. The van der Waals surface area contributed by atoms with Gasteiger partial charge in [0.15, 0.2) is 11.6 Å². The number of benzene rings is 2. The molecular formula is C18H15ClN4O2. The summed E-state index contributed by atoms with van der Waals surface area (Å²) in [5.74, 6) is 1.34. The van der Waals surface area contributed by atoms with Crippen LogP contribution < -0.4 is 15.4 Å². The fraction of sp³-hybridized carbons (Fsp3) is 0.0556. The van der Waals surface area contributed by atoms with Gasteiger partial charge in [-0.25, -0.2) is 0 Å². The normalized spacial score (nSPS) is 10.2. The van der Waals surface area contributed by atoms with Crippen molar-refractivity contribution in [3.63, 3.8) is 0 Å². The van der Waals surface area contributed by atoms with Crippen molar-refractivity contribution in [3.8, 4) is 5.75 Å². The molecule has 0 saturated heterocycles. The van der Waals surface area contributed by atoms with Gasteiger partial charge in [-0.3, -0.25) is 4.79 Å². The summed E-state index contributed by atoms with van der Waals surface area (Å²) in [6, 6.07) is 17.5. The number of aromatic nitrogens is 2. The number of hydrogen-bond donors (Lipinski definition) is 2. The predicted octanol–water partition coefficient (Wildman–Crippen LogP) is 4.13. The third-order valence-electron chi connectivity index (χ3n) is 3.34. The number of rotatable bonds is 5. The highest BCUT2D eigenvalue weighted by Gasteiger charge is 2.08. The Morgan fingerprint density at radius 2 is 1.76 bits per heavy atom. The summed E-state index contributed by atoms with van der Waals surface area (Å²) in [5.41, 5.74) is 1.28. The van der Waals surface area contributed by atoms with Crippen molar-refractivity contribution < 1.29 is 9.53 Å². The largest absolute Gasteiger partial charge is 0.497 e. The Morgan fingerprint density at radius 1 is 1.00 bits per heavy atom. The summed E-state index contributed by atoms with van der Waals surface area (Å²) >= 11 is 5.89. The number of nitrogens with zero attached hydrogens (tertiary/aromatic N) is 2. The lowest BCUT2D eigenvalue weighted by Gasteiger charge is -2.08. The van der Waals surface area contributed by atoms with Crippen LogP contribution in [-0.2, 0) is 0 Å². The van der Waals surface area contributed by atoms with E-state index in [2.05, 4.69) is 20.8 Å². The van der Waals surface area contributed by atoms with Crippen molar-refractivity contribution in [3.05, 3.63) is 71.2 Å². The highest BCUT2D eigenvalue weighted by atomic mass is 35.5. The Bertz CT molecular complexity index is 884. The first-order valence-electron chi connectivity index (χ1n) is 7.46. The van der Waals surface area contributed by atoms with E-state index >= 15 is 0 Å². The molecule has 3 rings (SSSR count). The zero-order chi connectivity index (χ0) is 17.6. The van der Waals surface area contributed by atoms with Crippen molar-refractivity contribution in [1.82, 2.24) is 10.2 Å². The van der Waals surface area contributed by atoms with E-state index in [9.17, 15) is 4.79 Å². The van der Waals surface area contributed by atoms with Gasteiger partial charge in [-0.1, -0.05) is 23.7 Å². The van der Waals surface area contributed by atoms with Crippen LogP contribution in [0, 0.1) is 0 Å². The molecule has 6 nitrogen and oxygen atoms in total. The Labute approximate surface area is 149 Å². The smallest absolute Gasteiger partial charge is 0.256 e. The molecule has 0 aliphatic rings. The van der Waals surface area contributed by atoms with Gasteiger partial charge < -0.3 is 15.4 Å². The van der Waals surface area contributed by atoms with Crippen LogP contribution in [-0.4, -0.2) is 23.2 Å². The molecule has 0 saturated carbocycles. The van der Waals surface area contributed by atoms with Crippen molar-refractivity contribution >= 4 is 34.8 Å². The molecule has 7 heteroatoms. The average molecular weight is 355 g/mol. The van der Waals surface area contributed by atoms with Crippen molar-refractivity contribution in [2.24, 2.45) is 0 Å². The maximum atomic E-state index is 12.1. The summed E-state index contributed by atoms with van der Waals surface area (Å²) in [7, 11) is 1.61. The highest BCUT2D eigenvalue weighted by Crippen LogP contribution is 2.20. The van der Waals surface area contributed by atoms with Crippen LogP contribution in [0.3, 0.4) is 0 Å². The lowest BCUT2D eigenvalue weighted by molar-refractivity contribution is 0.102. The Kier molecular flexibility index (Phi) is 5.11. The van der Waals surface area contributed by atoms with E-state index in [1.165, 1.54) is 0 Å². The molecule has 0 aliphatic heterocycles. The molecule has 1 amide bonds. The van der Waals surface area contributed by atoms with Gasteiger partial charge in [0.2, 0.25) is 0 Å². The molecule has 0 atom stereocenters. The summed E-state index contributed by atoms with van der Waals surface area (Å²) in [5, 5.41) is 14.3. The van der Waals surface area contributed by atoms with E-state index in [1.54, 1.807) is 43.5 Å². The van der Waals surface area contributed by atoms with Gasteiger partial charge in [0.25, 0.3) is 5.91 Å². The Hall–Kier alpha value is -3.12. The predicted molar refractivity (Wildman–Crippen MR) is 97.7 cm³/mol. The van der Waals surface area contributed by atoms with Gasteiger partial charge in [-0.15, -0.1) is 10.2 Å². The number of halogens is 1. The van der Waals surface area contributed by atoms with Gasteiger partial charge in [0.05, 0.1) is 7.11 Å². The van der Waals surface area contributed by atoms with Crippen LogP contribution in [0.5, 0.6) is 5.75 Å². The number of ether oxygens (including phenoxy) is 1. The van der Waals surface area contributed by atoms with Crippen LogP contribution in [0.15, 0.2) is 60.7 Å². The van der Waals surface area contributed by atoms with Crippen LogP contribution in [0.2, 0.25) is 5.02 Å². The van der Waals surface area contributed by atoms with Gasteiger partial charge >= 0.3 is 0 Å². The maximum Gasteiger partial charge on any atom is 0.256 e. The summed E-state index contributed by atoms with van der Waals surface area (Å²) in [6.45, 7) is 0. The first-order valence-corrected chi connectivity index (χ1v) is 7.83. The van der Waals surface area contributed by atoms with E-state index in [-0.39, 0.29) is 5.91 Å². The van der Waals surface area contributed by atoms with E-state index < -0.39 is 0 Å². The van der Waals surface area contributed by atoms with Crippen molar-refractivity contribution in [2.45, 2.75) is 0 Å². The molecule has 2 aromatic carbocycles. The number of hydrogen-bond acceptors (Lipinski definition) is 5. The van der Waals surface area contributed by atoms with Crippen LogP contribution in [0.25, 0.3) is 0 Å². The minimum absolute atomic E-state index is 0.301. The first-order chi connectivity index (χ1) is 12.1. The topological polar surface area (TPSA) is 76.1 Å². The SMILES string of the molecule is COc1cccc(Nc2ccc(NC(=O)c3cccc(Cl)c3)nn2)c1. The third kappa shape index (κ3) is 4.45. The fourth-order valence-electron chi connectivity index (χ4n) is 2.13. The molecule has 2 N–H and O–H groups in total. The molecular weight excluding hydrogens is 340 g/mol. The molecule has 25 heavy (non-hydrogen) atoms. The molecule has 3 aromatic rings. The monoisotopic (exact) mass is 354 g/mol. The number of carbonyl (C=O) groups is 1. The van der Waals surface area contributed by atoms with Crippen molar-refractivity contribution in [1.29, 1.82) is 0 Å². The van der Waals surface area contributed by atoms with E-state index in [4.69, 9.17) is 16.3 Å². The molecule has 0 aliphatic carbocycles. The van der Waals surface area contributed by atoms with Gasteiger partial charge in [-0.2, -0.15) is 0 Å². The highest BCUT2D eigenvalue weighted by molar-refractivity contribution is 6.31. The molecule has 0 bridgehead atoms. The lowest BCUT2D eigenvalue weighted by atomic mass is 10.2. The molecule has 0 unspecified atom stereocenters. The Balaban J connectivity index is 1.66.